The summed E-state index contributed by atoms with van der Waals surface area (Å²) in [7, 11) is 3.33. The van der Waals surface area contributed by atoms with Crippen LogP contribution in [0, 0.1) is 5.92 Å². The molecule has 2 saturated heterocycles. The van der Waals surface area contributed by atoms with Crippen LogP contribution in [0.3, 0.4) is 0 Å². The van der Waals surface area contributed by atoms with E-state index in [2.05, 4.69) is 14.8 Å². The highest BCUT2D eigenvalue weighted by atomic mass is 16.5. The quantitative estimate of drug-likeness (QED) is 0.785. The van der Waals surface area contributed by atoms with Gasteiger partial charge in [-0.15, -0.1) is 0 Å². The van der Waals surface area contributed by atoms with E-state index in [9.17, 15) is 0 Å². The van der Waals surface area contributed by atoms with Crippen LogP contribution in [0.4, 0.5) is 5.82 Å². The summed E-state index contributed by atoms with van der Waals surface area (Å²) < 4.78 is 16.6. The third-order valence-electron chi connectivity index (χ3n) is 7.00. The lowest BCUT2D eigenvalue weighted by molar-refractivity contribution is -0.00758. The molecule has 29 heavy (non-hydrogen) atoms. The first kappa shape index (κ1) is 18.9. The lowest BCUT2D eigenvalue weighted by atomic mass is 9.79. The van der Waals surface area contributed by atoms with Crippen molar-refractivity contribution >= 4 is 16.7 Å². The molecule has 2 aromatic rings. The Bertz CT molecular complexity index is 871. The van der Waals surface area contributed by atoms with E-state index in [-0.39, 0.29) is 0 Å². The van der Waals surface area contributed by atoms with E-state index in [4.69, 9.17) is 19.2 Å². The fraction of sp³-hybridized carbons (Fsp3) is 0.636. The molecule has 7 nitrogen and oxygen atoms in total. The lowest BCUT2D eigenvalue weighted by Gasteiger charge is -2.44. The molecule has 3 aliphatic rings. The zero-order valence-electron chi connectivity index (χ0n) is 17.3. The van der Waals surface area contributed by atoms with Crippen LogP contribution in [0.5, 0.6) is 11.5 Å². The monoisotopic (exact) mass is 398 g/mol. The number of benzene rings is 1. The van der Waals surface area contributed by atoms with Crippen molar-refractivity contribution in [3.05, 3.63) is 18.5 Å². The lowest BCUT2D eigenvalue weighted by Crippen LogP contribution is -2.52. The van der Waals surface area contributed by atoms with Crippen molar-refractivity contribution in [3.63, 3.8) is 0 Å². The fourth-order valence-electron chi connectivity index (χ4n) is 5.67. The molecular weight excluding hydrogens is 368 g/mol. The van der Waals surface area contributed by atoms with Crippen molar-refractivity contribution in [2.24, 2.45) is 5.92 Å². The van der Waals surface area contributed by atoms with Gasteiger partial charge in [0.25, 0.3) is 0 Å². The number of methoxy groups -OCH3 is 2. The van der Waals surface area contributed by atoms with Gasteiger partial charge in [-0.2, -0.15) is 0 Å². The maximum absolute atomic E-state index is 5.59. The summed E-state index contributed by atoms with van der Waals surface area (Å²) >= 11 is 0. The van der Waals surface area contributed by atoms with Gasteiger partial charge >= 0.3 is 0 Å². The van der Waals surface area contributed by atoms with Crippen molar-refractivity contribution in [2.45, 2.75) is 37.8 Å². The van der Waals surface area contributed by atoms with Gasteiger partial charge in [0.05, 0.1) is 33.0 Å². The van der Waals surface area contributed by atoms with Gasteiger partial charge in [-0.05, 0) is 37.7 Å². The Hall–Kier alpha value is -2.12. The third kappa shape index (κ3) is 3.30. The molecule has 2 aliphatic heterocycles. The zero-order chi connectivity index (χ0) is 19.8. The largest absolute Gasteiger partial charge is 0.493 e. The number of aromatic nitrogens is 2. The van der Waals surface area contributed by atoms with Crippen LogP contribution in [0.25, 0.3) is 10.9 Å². The smallest absolute Gasteiger partial charge is 0.162 e. The number of rotatable bonds is 4. The van der Waals surface area contributed by atoms with Gasteiger partial charge in [-0.1, -0.05) is 0 Å². The first-order chi connectivity index (χ1) is 14.3. The number of hydrogen-bond donors (Lipinski definition) is 0. The third-order valence-corrected chi connectivity index (χ3v) is 7.00. The van der Waals surface area contributed by atoms with E-state index < -0.39 is 0 Å². The second-order valence-corrected chi connectivity index (χ2v) is 8.28. The molecule has 1 saturated carbocycles. The molecule has 2 unspecified atom stereocenters. The van der Waals surface area contributed by atoms with Crippen LogP contribution < -0.4 is 14.4 Å². The molecule has 7 heteroatoms. The van der Waals surface area contributed by atoms with Crippen molar-refractivity contribution in [1.82, 2.24) is 14.9 Å². The van der Waals surface area contributed by atoms with Crippen molar-refractivity contribution in [2.75, 3.05) is 52.0 Å². The average molecular weight is 399 g/mol. The summed E-state index contributed by atoms with van der Waals surface area (Å²) in [5.41, 5.74) is 0.900. The number of anilines is 1. The molecule has 1 aromatic heterocycles. The van der Waals surface area contributed by atoms with Crippen LogP contribution in [-0.2, 0) is 4.74 Å². The molecule has 1 aromatic carbocycles. The van der Waals surface area contributed by atoms with E-state index in [1.807, 2.05) is 12.1 Å². The van der Waals surface area contributed by atoms with E-state index in [0.717, 1.165) is 55.3 Å². The molecule has 156 valence electrons. The minimum atomic E-state index is 0.544. The van der Waals surface area contributed by atoms with Gasteiger partial charge in [-0.25, -0.2) is 9.97 Å². The van der Waals surface area contributed by atoms with Crippen molar-refractivity contribution in [1.29, 1.82) is 0 Å². The minimum absolute atomic E-state index is 0.544. The van der Waals surface area contributed by atoms with Crippen LogP contribution in [-0.4, -0.2) is 74.0 Å². The maximum Gasteiger partial charge on any atom is 0.162 e. The Morgan fingerprint density at radius 2 is 1.69 bits per heavy atom. The second kappa shape index (κ2) is 7.95. The standard InChI is InChI=1S/C22H30N4O3/c1-27-20-12-16-17(13-21(20)28-2)23-14-24-22(16)26-7-6-15-18(4-3-5-19(15)26)25-8-10-29-11-9-25/h12-15,18-19H,3-11H2,1-2H3/t15-,18?,19?/m0/s1. The first-order valence-electron chi connectivity index (χ1n) is 10.8. The Balaban J connectivity index is 1.47. The summed E-state index contributed by atoms with van der Waals surface area (Å²) in [6, 6.07) is 5.19. The minimum Gasteiger partial charge on any atom is -0.493 e. The summed E-state index contributed by atoms with van der Waals surface area (Å²) in [6.45, 7) is 4.94. The van der Waals surface area contributed by atoms with Crippen LogP contribution in [0.2, 0.25) is 0 Å². The Morgan fingerprint density at radius 1 is 0.931 bits per heavy atom. The van der Waals surface area contributed by atoms with Crippen molar-refractivity contribution < 1.29 is 14.2 Å². The Morgan fingerprint density at radius 3 is 2.48 bits per heavy atom. The summed E-state index contributed by atoms with van der Waals surface area (Å²) in [5, 5.41) is 1.04. The predicted octanol–water partition coefficient (Wildman–Crippen LogP) is 2.73. The topological polar surface area (TPSA) is 60.0 Å². The fourth-order valence-corrected chi connectivity index (χ4v) is 5.67. The molecule has 0 amide bonds. The van der Waals surface area contributed by atoms with E-state index in [0.29, 0.717) is 23.8 Å². The van der Waals surface area contributed by atoms with E-state index in [1.54, 1.807) is 20.5 Å². The molecule has 3 fully saturated rings. The van der Waals surface area contributed by atoms with Crippen LogP contribution >= 0.6 is 0 Å². The molecule has 0 N–H and O–H groups in total. The van der Waals surface area contributed by atoms with Gasteiger partial charge in [-0.3, -0.25) is 4.90 Å². The SMILES string of the molecule is COc1cc2ncnc(N3CC[C@H]4C(N5CCOCC5)CCCC43)c2cc1OC. The van der Waals surface area contributed by atoms with Gasteiger partial charge in [0.1, 0.15) is 12.1 Å². The normalized spacial score (nSPS) is 27.8. The highest BCUT2D eigenvalue weighted by Crippen LogP contribution is 2.43. The number of morpholine rings is 1. The van der Waals surface area contributed by atoms with Gasteiger partial charge < -0.3 is 19.1 Å². The number of hydrogen-bond acceptors (Lipinski definition) is 7. The zero-order valence-corrected chi connectivity index (χ0v) is 17.3. The molecule has 3 atom stereocenters. The summed E-state index contributed by atoms with van der Waals surface area (Å²) in [4.78, 5) is 14.4. The highest BCUT2D eigenvalue weighted by Gasteiger charge is 2.44. The van der Waals surface area contributed by atoms with E-state index >= 15 is 0 Å². The number of ether oxygens (including phenoxy) is 3. The van der Waals surface area contributed by atoms with Crippen molar-refractivity contribution in [3.8, 4) is 11.5 Å². The molecular formula is C22H30N4O3. The van der Waals surface area contributed by atoms with E-state index in [1.165, 1.54) is 25.7 Å². The highest BCUT2D eigenvalue weighted by molar-refractivity contribution is 5.92. The maximum atomic E-state index is 5.59. The molecule has 1 aliphatic carbocycles. The number of nitrogens with zero attached hydrogens (tertiary/aromatic N) is 4. The Kier molecular flexibility index (Phi) is 5.18. The molecule has 3 heterocycles. The second-order valence-electron chi connectivity index (χ2n) is 8.28. The number of fused-ring (bicyclic) bond motifs is 2. The van der Waals surface area contributed by atoms with Gasteiger partial charge in [0.15, 0.2) is 11.5 Å². The van der Waals surface area contributed by atoms with Crippen LogP contribution in [0.15, 0.2) is 18.5 Å². The molecule has 5 rings (SSSR count). The van der Waals surface area contributed by atoms with Crippen LogP contribution in [0.1, 0.15) is 25.7 Å². The predicted molar refractivity (Wildman–Crippen MR) is 112 cm³/mol. The molecule has 0 radical (unpaired) electrons. The summed E-state index contributed by atoms with van der Waals surface area (Å²) in [5.74, 6) is 3.16. The summed E-state index contributed by atoms with van der Waals surface area (Å²) in [6.07, 6.45) is 6.74. The Labute approximate surface area is 172 Å². The molecule has 0 spiro atoms. The average Bonchev–Trinajstić information content (AvgIpc) is 3.22. The van der Waals surface area contributed by atoms with Gasteiger partial charge in [0.2, 0.25) is 0 Å². The molecule has 0 bridgehead atoms. The van der Waals surface area contributed by atoms with Gasteiger partial charge in [0, 0.05) is 43.2 Å². The first-order valence-corrected chi connectivity index (χ1v) is 10.8.